The second-order valence-corrected chi connectivity index (χ2v) is 6.39. The smallest absolute Gasteiger partial charge is 0.224 e. The van der Waals surface area contributed by atoms with Gasteiger partial charge in [-0.3, -0.25) is 4.79 Å². The van der Waals surface area contributed by atoms with Crippen LogP contribution in [0.3, 0.4) is 0 Å². The average molecular weight is 416 g/mol. The normalized spacial score (nSPS) is 12.8. The number of benzene rings is 2. The van der Waals surface area contributed by atoms with Crippen LogP contribution in [-0.4, -0.2) is 19.5 Å². The minimum Gasteiger partial charge on any atom is -0.345 e. The number of nitrogens with one attached hydrogen (secondary N) is 2. The third-order valence-electron chi connectivity index (χ3n) is 3.65. The highest BCUT2D eigenvalue weighted by Crippen LogP contribution is 2.27. The van der Waals surface area contributed by atoms with E-state index in [1.165, 1.54) is 6.07 Å². The second-order valence-electron chi connectivity index (χ2n) is 5.48. The summed E-state index contributed by atoms with van der Waals surface area (Å²) >= 11 is 3.26. The molecule has 2 unspecified atom stereocenters. The van der Waals surface area contributed by atoms with Crippen LogP contribution in [0, 0.1) is 11.7 Å². The summed E-state index contributed by atoms with van der Waals surface area (Å²) in [7, 11) is 1.80. The Morgan fingerprint density at radius 3 is 2.46 bits per heavy atom. The van der Waals surface area contributed by atoms with Gasteiger partial charge in [0.15, 0.2) is 0 Å². The summed E-state index contributed by atoms with van der Waals surface area (Å²) < 4.78 is 15.1. The lowest BCUT2D eigenvalue weighted by atomic mass is 9.97. The van der Waals surface area contributed by atoms with E-state index in [2.05, 4.69) is 26.6 Å². The van der Waals surface area contributed by atoms with Crippen LogP contribution >= 0.6 is 28.3 Å². The Morgan fingerprint density at radius 1 is 1.21 bits per heavy atom. The first-order chi connectivity index (χ1) is 11.0. The van der Waals surface area contributed by atoms with Gasteiger partial charge in [-0.25, -0.2) is 4.39 Å². The standard InChI is InChI=1S/C18H20BrFN2O.ClH/c1-12(11-21-2)18(23)22-17(13-6-4-3-5-7-13)15-9-8-14(19)10-16(15)20;/h3-10,12,17,21H,11H2,1-2H3,(H,22,23);1H. The Bertz CT molecular complexity index is 669. The molecule has 0 saturated carbocycles. The summed E-state index contributed by atoms with van der Waals surface area (Å²) in [5, 5.41) is 5.94. The Balaban J connectivity index is 0.00000288. The fourth-order valence-corrected chi connectivity index (χ4v) is 2.74. The molecule has 0 heterocycles. The maximum Gasteiger partial charge on any atom is 0.224 e. The molecule has 2 aromatic rings. The first kappa shape index (κ1) is 20.6. The van der Waals surface area contributed by atoms with E-state index in [-0.39, 0.29) is 30.0 Å². The largest absolute Gasteiger partial charge is 0.345 e. The summed E-state index contributed by atoms with van der Waals surface area (Å²) in [5.41, 5.74) is 1.29. The molecule has 0 aliphatic carbocycles. The van der Waals surface area contributed by atoms with Gasteiger partial charge in [-0.05, 0) is 24.7 Å². The molecule has 0 radical (unpaired) electrons. The Labute approximate surface area is 156 Å². The van der Waals surface area contributed by atoms with Crippen LogP contribution < -0.4 is 10.6 Å². The predicted molar refractivity (Wildman–Crippen MR) is 101 cm³/mol. The van der Waals surface area contributed by atoms with Crippen molar-refractivity contribution in [1.29, 1.82) is 0 Å². The van der Waals surface area contributed by atoms with Crippen molar-refractivity contribution >= 4 is 34.2 Å². The van der Waals surface area contributed by atoms with Crippen LogP contribution in [0.15, 0.2) is 53.0 Å². The van der Waals surface area contributed by atoms with Crippen LogP contribution in [0.5, 0.6) is 0 Å². The molecule has 0 aliphatic rings. The molecular formula is C18H21BrClFN2O. The van der Waals surface area contributed by atoms with E-state index < -0.39 is 6.04 Å². The van der Waals surface area contributed by atoms with Crippen LogP contribution in [-0.2, 0) is 4.79 Å². The molecule has 2 rings (SSSR count). The number of carbonyl (C=O) groups is 1. The minimum absolute atomic E-state index is 0. The Kier molecular flexibility index (Phi) is 8.39. The lowest BCUT2D eigenvalue weighted by Crippen LogP contribution is -2.37. The van der Waals surface area contributed by atoms with E-state index in [9.17, 15) is 9.18 Å². The molecule has 130 valence electrons. The number of hydrogen-bond acceptors (Lipinski definition) is 2. The van der Waals surface area contributed by atoms with Crippen molar-refractivity contribution in [2.75, 3.05) is 13.6 Å². The third kappa shape index (κ3) is 5.30. The van der Waals surface area contributed by atoms with Crippen molar-refractivity contribution in [1.82, 2.24) is 10.6 Å². The summed E-state index contributed by atoms with van der Waals surface area (Å²) in [6, 6.07) is 13.8. The highest BCUT2D eigenvalue weighted by atomic mass is 79.9. The number of halogens is 3. The zero-order chi connectivity index (χ0) is 16.8. The molecule has 0 fully saturated rings. The van der Waals surface area contributed by atoms with Gasteiger partial charge in [-0.1, -0.05) is 59.3 Å². The van der Waals surface area contributed by atoms with Crippen LogP contribution in [0.2, 0.25) is 0 Å². The first-order valence-corrected chi connectivity index (χ1v) is 8.27. The topological polar surface area (TPSA) is 41.1 Å². The van der Waals surface area contributed by atoms with E-state index in [1.807, 2.05) is 37.3 Å². The lowest BCUT2D eigenvalue weighted by Gasteiger charge is -2.22. The predicted octanol–water partition coefficient (Wildman–Crippen LogP) is 4.07. The molecule has 2 N–H and O–H groups in total. The summed E-state index contributed by atoms with van der Waals surface area (Å²) in [5.74, 6) is -0.671. The maximum absolute atomic E-state index is 14.4. The van der Waals surface area contributed by atoms with Crippen molar-refractivity contribution < 1.29 is 9.18 Å². The van der Waals surface area contributed by atoms with Crippen LogP contribution in [0.1, 0.15) is 24.1 Å². The van der Waals surface area contributed by atoms with Crippen molar-refractivity contribution in [2.45, 2.75) is 13.0 Å². The quantitative estimate of drug-likeness (QED) is 0.747. The summed E-state index contributed by atoms with van der Waals surface area (Å²) in [4.78, 5) is 12.4. The van der Waals surface area contributed by atoms with Gasteiger partial charge in [0.25, 0.3) is 0 Å². The van der Waals surface area contributed by atoms with Gasteiger partial charge in [0, 0.05) is 22.5 Å². The van der Waals surface area contributed by atoms with Gasteiger partial charge in [-0.15, -0.1) is 12.4 Å². The van der Waals surface area contributed by atoms with E-state index in [0.29, 0.717) is 16.6 Å². The molecule has 6 heteroatoms. The molecule has 0 aliphatic heterocycles. The molecule has 0 spiro atoms. The van der Waals surface area contributed by atoms with E-state index in [0.717, 1.165) is 5.56 Å². The third-order valence-corrected chi connectivity index (χ3v) is 4.14. The highest BCUT2D eigenvalue weighted by molar-refractivity contribution is 9.10. The summed E-state index contributed by atoms with van der Waals surface area (Å²) in [6.07, 6.45) is 0. The molecule has 24 heavy (non-hydrogen) atoms. The Morgan fingerprint density at radius 2 is 1.88 bits per heavy atom. The molecule has 2 aromatic carbocycles. The van der Waals surface area contributed by atoms with Gasteiger partial charge >= 0.3 is 0 Å². The zero-order valence-corrected chi connectivity index (χ0v) is 16.0. The van der Waals surface area contributed by atoms with Crippen molar-refractivity contribution in [3.8, 4) is 0 Å². The fraction of sp³-hybridized carbons (Fsp3) is 0.278. The van der Waals surface area contributed by atoms with E-state index >= 15 is 0 Å². The SMILES string of the molecule is CNCC(C)C(=O)NC(c1ccccc1)c1ccc(Br)cc1F.Cl. The first-order valence-electron chi connectivity index (χ1n) is 7.47. The molecule has 0 bridgehead atoms. The molecular weight excluding hydrogens is 395 g/mol. The van der Waals surface area contributed by atoms with Crippen molar-refractivity contribution in [2.24, 2.45) is 5.92 Å². The van der Waals surface area contributed by atoms with Crippen molar-refractivity contribution in [3.05, 3.63) is 69.9 Å². The molecule has 2 atom stereocenters. The van der Waals surface area contributed by atoms with Gasteiger partial charge in [0.1, 0.15) is 5.82 Å². The number of rotatable bonds is 6. The maximum atomic E-state index is 14.4. The van der Waals surface area contributed by atoms with Gasteiger partial charge < -0.3 is 10.6 Å². The fourth-order valence-electron chi connectivity index (χ4n) is 2.41. The Hall–Kier alpha value is -1.43. The monoisotopic (exact) mass is 414 g/mol. The van der Waals surface area contributed by atoms with E-state index in [4.69, 9.17) is 0 Å². The van der Waals surface area contributed by atoms with Crippen LogP contribution in [0.25, 0.3) is 0 Å². The van der Waals surface area contributed by atoms with Crippen molar-refractivity contribution in [3.63, 3.8) is 0 Å². The van der Waals surface area contributed by atoms with Gasteiger partial charge in [0.2, 0.25) is 5.91 Å². The molecule has 1 amide bonds. The second kappa shape index (κ2) is 9.77. The van der Waals surface area contributed by atoms with Crippen LogP contribution in [0.4, 0.5) is 4.39 Å². The molecule has 0 saturated heterocycles. The number of carbonyl (C=O) groups excluding carboxylic acids is 1. The highest BCUT2D eigenvalue weighted by Gasteiger charge is 2.22. The van der Waals surface area contributed by atoms with Gasteiger partial charge in [0.05, 0.1) is 6.04 Å². The number of amides is 1. The van der Waals surface area contributed by atoms with Gasteiger partial charge in [-0.2, -0.15) is 0 Å². The average Bonchev–Trinajstić information content (AvgIpc) is 2.54. The van der Waals surface area contributed by atoms with E-state index in [1.54, 1.807) is 19.2 Å². The molecule has 0 aromatic heterocycles. The zero-order valence-electron chi connectivity index (χ0n) is 13.6. The summed E-state index contributed by atoms with van der Waals surface area (Å²) in [6.45, 7) is 2.40. The molecule has 3 nitrogen and oxygen atoms in total. The lowest BCUT2D eigenvalue weighted by molar-refractivity contribution is -0.124. The minimum atomic E-state index is -0.517. The number of hydrogen-bond donors (Lipinski definition) is 2.